The van der Waals surface area contributed by atoms with E-state index in [2.05, 4.69) is 0 Å². The van der Waals surface area contributed by atoms with Crippen LogP contribution in [0.1, 0.15) is 49.0 Å². The first kappa shape index (κ1) is 20.2. The molecule has 2 atom stereocenters. The standard InChI is InChI=1S/C21H19NO7S/c1-20(2)28-18(24)21(19(25)29-20)15(12-5-7-13(8-6-12)22(26)27)10-14(23)11-16(21)17-4-3-9-30-17/h3-9,15-16H,10-11H2,1-2H3/t15-,16+/m1/s1. The van der Waals surface area contributed by atoms with E-state index in [0.29, 0.717) is 10.4 Å². The molecule has 0 bridgehead atoms. The van der Waals surface area contributed by atoms with Crippen LogP contribution in [0.2, 0.25) is 0 Å². The molecule has 2 aliphatic rings. The smallest absolute Gasteiger partial charge is 0.328 e. The number of cyclic esters (lactones) is 2. The minimum atomic E-state index is -1.75. The Balaban J connectivity index is 1.90. The summed E-state index contributed by atoms with van der Waals surface area (Å²) in [6.07, 6.45) is -0.0566. The van der Waals surface area contributed by atoms with E-state index in [-0.39, 0.29) is 24.3 Å². The molecular weight excluding hydrogens is 410 g/mol. The molecule has 1 spiro atoms. The predicted octanol–water partition coefficient (Wildman–Crippen LogP) is 3.71. The zero-order valence-electron chi connectivity index (χ0n) is 16.3. The highest BCUT2D eigenvalue weighted by molar-refractivity contribution is 7.10. The molecule has 8 nitrogen and oxygen atoms in total. The van der Waals surface area contributed by atoms with E-state index in [4.69, 9.17) is 9.47 Å². The SMILES string of the molecule is CC1(C)OC(=O)C2(C(=O)O1)[C@@H](c1ccc([N+](=O)[O-])cc1)CC(=O)C[C@H]2c1cccs1. The molecular formula is C21H19NO7S. The van der Waals surface area contributed by atoms with Crippen LogP contribution in [-0.2, 0) is 23.9 Å². The Bertz CT molecular complexity index is 1010. The fourth-order valence-corrected chi connectivity index (χ4v) is 5.32. The van der Waals surface area contributed by atoms with Gasteiger partial charge in [-0.05, 0) is 17.0 Å². The Morgan fingerprint density at radius 1 is 1.00 bits per heavy atom. The van der Waals surface area contributed by atoms with Crippen LogP contribution in [0.5, 0.6) is 0 Å². The summed E-state index contributed by atoms with van der Waals surface area (Å²) in [5.41, 5.74) is -1.40. The van der Waals surface area contributed by atoms with Crippen molar-refractivity contribution in [2.24, 2.45) is 5.41 Å². The molecule has 4 rings (SSSR count). The number of benzene rings is 1. The van der Waals surface area contributed by atoms with E-state index >= 15 is 0 Å². The van der Waals surface area contributed by atoms with Gasteiger partial charge in [0.25, 0.3) is 11.5 Å². The second kappa shape index (κ2) is 7.02. The lowest BCUT2D eigenvalue weighted by Crippen LogP contribution is -2.61. The highest BCUT2D eigenvalue weighted by Crippen LogP contribution is 2.58. The minimum Gasteiger partial charge on any atom is -0.422 e. The predicted molar refractivity (Wildman–Crippen MR) is 106 cm³/mol. The summed E-state index contributed by atoms with van der Waals surface area (Å²) in [5, 5.41) is 12.8. The van der Waals surface area contributed by atoms with Crippen molar-refractivity contribution >= 4 is 34.7 Å². The Morgan fingerprint density at radius 2 is 1.60 bits per heavy atom. The lowest BCUT2D eigenvalue weighted by Gasteiger charge is -2.49. The van der Waals surface area contributed by atoms with Crippen LogP contribution >= 0.6 is 11.3 Å². The van der Waals surface area contributed by atoms with Crippen LogP contribution < -0.4 is 0 Å². The van der Waals surface area contributed by atoms with Gasteiger partial charge in [0.2, 0.25) is 0 Å². The van der Waals surface area contributed by atoms with Gasteiger partial charge in [-0.15, -0.1) is 11.3 Å². The molecule has 0 N–H and O–H groups in total. The number of ether oxygens (including phenoxy) is 2. The highest BCUT2D eigenvalue weighted by atomic mass is 32.1. The van der Waals surface area contributed by atoms with E-state index in [9.17, 15) is 24.5 Å². The lowest BCUT2D eigenvalue weighted by molar-refractivity contribution is -0.384. The molecule has 9 heteroatoms. The van der Waals surface area contributed by atoms with Gasteiger partial charge >= 0.3 is 11.9 Å². The number of Topliss-reactive ketones (excluding diaryl/α,β-unsaturated/α-hetero) is 1. The topological polar surface area (TPSA) is 113 Å². The number of non-ortho nitro benzene ring substituents is 1. The van der Waals surface area contributed by atoms with Crippen molar-refractivity contribution in [1.29, 1.82) is 0 Å². The van der Waals surface area contributed by atoms with Crippen LogP contribution in [0.25, 0.3) is 0 Å². The number of esters is 2. The molecule has 0 unspecified atom stereocenters. The van der Waals surface area contributed by atoms with E-state index in [1.807, 2.05) is 5.38 Å². The Kier molecular flexibility index (Phi) is 4.73. The lowest BCUT2D eigenvalue weighted by atomic mass is 9.57. The number of hydrogen-bond donors (Lipinski definition) is 0. The van der Waals surface area contributed by atoms with E-state index in [1.165, 1.54) is 49.4 Å². The quantitative estimate of drug-likeness (QED) is 0.316. The number of nitro benzene ring substituents is 1. The average Bonchev–Trinajstić information content (AvgIpc) is 3.20. The number of hydrogen-bond acceptors (Lipinski definition) is 8. The molecule has 0 amide bonds. The highest BCUT2D eigenvalue weighted by Gasteiger charge is 2.67. The van der Waals surface area contributed by atoms with E-state index in [0.717, 1.165) is 0 Å². The molecule has 2 heterocycles. The van der Waals surface area contributed by atoms with Gasteiger partial charge in [-0.2, -0.15) is 0 Å². The van der Waals surface area contributed by atoms with Gasteiger partial charge in [0.05, 0.1) is 4.92 Å². The van der Waals surface area contributed by atoms with Crippen LogP contribution in [-0.4, -0.2) is 28.4 Å². The number of rotatable bonds is 3. The summed E-state index contributed by atoms with van der Waals surface area (Å²) in [7, 11) is 0. The van der Waals surface area contributed by atoms with Crippen LogP contribution in [0.3, 0.4) is 0 Å². The maximum absolute atomic E-state index is 13.4. The molecule has 2 fully saturated rings. The number of thiophene rings is 1. The summed E-state index contributed by atoms with van der Waals surface area (Å²) in [4.78, 5) is 50.7. The molecule has 156 valence electrons. The molecule has 1 saturated heterocycles. The van der Waals surface area contributed by atoms with Gasteiger partial charge in [-0.25, -0.2) is 0 Å². The van der Waals surface area contributed by atoms with Gasteiger partial charge in [0, 0.05) is 55.5 Å². The van der Waals surface area contributed by atoms with Crippen LogP contribution in [0.15, 0.2) is 41.8 Å². The second-order valence-electron chi connectivity index (χ2n) is 7.96. The molecule has 1 aliphatic carbocycles. The first-order valence-electron chi connectivity index (χ1n) is 9.41. The first-order chi connectivity index (χ1) is 14.1. The van der Waals surface area contributed by atoms with Crippen molar-refractivity contribution in [3.05, 3.63) is 62.3 Å². The number of ketones is 1. The maximum Gasteiger partial charge on any atom is 0.328 e. The number of nitrogens with zero attached hydrogens (tertiary/aromatic N) is 1. The molecule has 30 heavy (non-hydrogen) atoms. The second-order valence-corrected chi connectivity index (χ2v) is 8.94. The van der Waals surface area contributed by atoms with Gasteiger partial charge < -0.3 is 9.47 Å². The average molecular weight is 429 g/mol. The first-order valence-corrected chi connectivity index (χ1v) is 10.3. The van der Waals surface area contributed by atoms with Crippen molar-refractivity contribution in [3.63, 3.8) is 0 Å². The maximum atomic E-state index is 13.4. The molecule has 1 saturated carbocycles. The summed E-state index contributed by atoms with van der Waals surface area (Å²) in [5.74, 6) is -4.59. The molecule has 1 aliphatic heterocycles. The summed E-state index contributed by atoms with van der Waals surface area (Å²) < 4.78 is 11.0. The summed E-state index contributed by atoms with van der Waals surface area (Å²) in [6.45, 7) is 2.95. The molecule has 2 aromatic rings. The third kappa shape index (κ3) is 3.09. The normalized spacial score (nSPS) is 24.9. The summed E-state index contributed by atoms with van der Waals surface area (Å²) in [6, 6.07) is 9.13. The van der Waals surface area contributed by atoms with Gasteiger partial charge in [0.1, 0.15) is 5.78 Å². The number of carbonyl (C=O) groups excluding carboxylic acids is 3. The fourth-order valence-electron chi connectivity index (χ4n) is 4.42. The number of carbonyl (C=O) groups is 3. The van der Waals surface area contributed by atoms with Gasteiger partial charge in [-0.3, -0.25) is 24.5 Å². The Morgan fingerprint density at radius 3 is 2.13 bits per heavy atom. The van der Waals surface area contributed by atoms with Crippen LogP contribution in [0.4, 0.5) is 5.69 Å². The van der Waals surface area contributed by atoms with E-state index in [1.54, 1.807) is 12.1 Å². The monoisotopic (exact) mass is 429 g/mol. The van der Waals surface area contributed by atoms with Crippen molar-refractivity contribution in [1.82, 2.24) is 0 Å². The minimum absolute atomic E-state index is 0.00855. The molecule has 0 radical (unpaired) electrons. The third-order valence-electron chi connectivity index (χ3n) is 5.71. The molecule has 1 aromatic carbocycles. The van der Waals surface area contributed by atoms with Crippen molar-refractivity contribution in [2.45, 2.75) is 44.3 Å². The fraction of sp³-hybridized carbons (Fsp3) is 0.381. The van der Waals surface area contributed by atoms with Crippen molar-refractivity contribution in [2.75, 3.05) is 0 Å². The van der Waals surface area contributed by atoms with Crippen LogP contribution in [0, 0.1) is 15.5 Å². The third-order valence-corrected chi connectivity index (χ3v) is 6.69. The molecule has 1 aromatic heterocycles. The summed E-state index contributed by atoms with van der Waals surface area (Å²) >= 11 is 1.35. The van der Waals surface area contributed by atoms with Crippen molar-refractivity contribution in [3.8, 4) is 0 Å². The Labute approximate surface area is 175 Å². The largest absolute Gasteiger partial charge is 0.422 e. The van der Waals surface area contributed by atoms with Gasteiger partial charge in [-0.1, -0.05) is 18.2 Å². The Hall–Kier alpha value is -3.07. The zero-order valence-corrected chi connectivity index (χ0v) is 17.1. The van der Waals surface area contributed by atoms with Gasteiger partial charge in [0.15, 0.2) is 5.41 Å². The zero-order chi connectivity index (χ0) is 21.7. The van der Waals surface area contributed by atoms with Crippen molar-refractivity contribution < 1.29 is 28.8 Å². The number of nitro groups is 1. The van der Waals surface area contributed by atoms with E-state index < -0.39 is 39.9 Å².